The van der Waals surface area contributed by atoms with Crippen molar-refractivity contribution in [2.45, 2.75) is 0 Å². The van der Waals surface area contributed by atoms with Crippen LogP contribution in [0.1, 0.15) is 20.7 Å². The summed E-state index contributed by atoms with van der Waals surface area (Å²) in [6, 6.07) is 5.71. The topological polar surface area (TPSA) is 86.6 Å². The second-order valence-electron chi connectivity index (χ2n) is 4.12. The summed E-state index contributed by atoms with van der Waals surface area (Å²) in [5, 5.41) is 20.3. The van der Waals surface area contributed by atoms with Crippen LogP contribution in [0.15, 0.2) is 36.4 Å². The van der Waals surface area contributed by atoms with Crippen molar-refractivity contribution in [3.8, 4) is 5.75 Å². The highest BCUT2D eigenvalue weighted by atomic mass is 19.1. The summed E-state index contributed by atoms with van der Waals surface area (Å²) in [7, 11) is 0. The molecule has 0 aliphatic carbocycles. The number of nitrogens with one attached hydrogen (secondary N) is 1. The third-order valence-electron chi connectivity index (χ3n) is 2.67. The van der Waals surface area contributed by atoms with Gasteiger partial charge in [-0.1, -0.05) is 0 Å². The number of aromatic hydroxyl groups is 1. The number of phenolic OH excluding ortho intramolecular Hbond substituents is 1. The Morgan fingerprint density at radius 1 is 1.05 bits per heavy atom. The maximum atomic E-state index is 13.7. The normalized spacial score (nSPS) is 10.2. The Kier molecular flexibility index (Phi) is 3.84. The predicted molar refractivity (Wildman–Crippen MR) is 69.4 cm³/mol. The Hall–Kier alpha value is -2.96. The molecule has 7 heteroatoms. The van der Waals surface area contributed by atoms with Crippen LogP contribution in [0.3, 0.4) is 0 Å². The van der Waals surface area contributed by atoms with Gasteiger partial charge in [0.05, 0.1) is 16.8 Å². The van der Waals surface area contributed by atoms with Gasteiger partial charge in [-0.3, -0.25) is 4.79 Å². The first kappa shape index (κ1) is 14.4. The molecule has 2 rings (SSSR count). The molecule has 0 unspecified atom stereocenters. The van der Waals surface area contributed by atoms with E-state index in [1.807, 2.05) is 0 Å². The number of rotatable bonds is 3. The zero-order valence-corrected chi connectivity index (χ0v) is 10.4. The van der Waals surface area contributed by atoms with Gasteiger partial charge in [0, 0.05) is 6.07 Å². The Balaban J connectivity index is 2.25. The number of carboxylic acids is 1. The third kappa shape index (κ3) is 3.14. The van der Waals surface area contributed by atoms with Crippen LogP contribution in [0.5, 0.6) is 5.75 Å². The van der Waals surface area contributed by atoms with Crippen molar-refractivity contribution < 1.29 is 28.6 Å². The lowest BCUT2D eigenvalue weighted by Crippen LogP contribution is -2.13. The molecule has 0 aliphatic rings. The molecule has 21 heavy (non-hydrogen) atoms. The third-order valence-corrected chi connectivity index (χ3v) is 2.67. The van der Waals surface area contributed by atoms with E-state index in [-0.39, 0.29) is 16.8 Å². The SMILES string of the molecule is O=C(O)c1ccc(NC(=O)c2ccc(F)cc2O)c(F)c1. The standard InChI is InChI=1S/C14H9F2NO4/c15-8-2-3-9(12(18)6-8)13(19)17-11-4-1-7(14(20)21)5-10(11)16/h1-6,18H,(H,17,19)(H,20,21). The monoisotopic (exact) mass is 293 g/mol. The molecule has 1 amide bonds. The first-order chi connectivity index (χ1) is 9.88. The quantitative estimate of drug-likeness (QED) is 0.812. The predicted octanol–water partition coefficient (Wildman–Crippen LogP) is 2.62. The van der Waals surface area contributed by atoms with Crippen LogP contribution < -0.4 is 5.32 Å². The van der Waals surface area contributed by atoms with Crippen LogP contribution >= 0.6 is 0 Å². The molecule has 108 valence electrons. The summed E-state index contributed by atoms with van der Waals surface area (Å²) < 4.78 is 26.5. The molecule has 0 atom stereocenters. The summed E-state index contributed by atoms with van der Waals surface area (Å²) in [5.41, 5.74) is -0.762. The smallest absolute Gasteiger partial charge is 0.335 e. The van der Waals surface area contributed by atoms with E-state index in [9.17, 15) is 23.5 Å². The number of phenols is 1. The van der Waals surface area contributed by atoms with Crippen LogP contribution in [0.25, 0.3) is 0 Å². The Morgan fingerprint density at radius 2 is 1.76 bits per heavy atom. The van der Waals surface area contributed by atoms with E-state index in [4.69, 9.17) is 5.11 Å². The molecule has 0 radical (unpaired) electrons. The van der Waals surface area contributed by atoms with E-state index in [0.717, 1.165) is 36.4 Å². The number of carboxylic acid groups (broad SMARTS) is 1. The van der Waals surface area contributed by atoms with Gasteiger partial charge in [-0.05, 0) is 30.3 Å². The van der Waals surface area contributed by atoms with Gasteiger partial charge in [0.1, 0.15) is 17.4 Å². The van der Waals surface area contributed by atoms with Gasteiger partial charge in [-0.2, -0.15) is 0 Å². The summed E-state index contributed by atoms with van der Waals surface area (Å²) in [4.78, 5) is 22.5. The van der Waals surface area contributed by atoms with Crippen molar-refractivity contribution in [1.82, 2.24) is 0 Å². The fourth-order valence-corrected chi connectivity index (χ4v) is 1.64. The van der Waals surface area contributed by atoms with Crippen LogP contribution in [0.2, 0.25) is 0 Å². The van der Waals surface area contributed by atoms with Crippen molar-refractivity contribution in [1.29, 1.82) is 0 Å². The summed E-state index contributed by atoms with van der Waals surface area (Å²) >= 11 is 0. The van der Waals surface area contributed by atoms with E-state index in [0.29, 0.717) is 0 Å². The first-order valence-corrected chi connectivity index (χ1v) is 5.71. The number of hydrogen-bond donors (Lipinski definition) is 3. The van der Waals surface area contributed by atoms with E-state index >= 15 is 0 Å². The minimum absolute atomic E-state index is 0.238. The maximum Gasteiger partial charge on any atom is 0.335 e. The molecule has 0 saturated carbocycles. The first-order valence-electron chi connectivity index (χ1n) is 5.71. The molecule has 2 aromatic rings. The zero-order valence-electron chi connectivity index (χ0n) is 10.4. The van der Waals surface area contributed by atoms with E-state index < -0.39 is 29.3 Å². The molecule has 0 aromatic heterocycles. The highest BCUT2D eigenvalue weighted by Crippen LogP contribution is 2.21. The van der Waals surface area contributed by atoms with Gasteiger partial charge in [-0.25, -0.2) is 13.6 Å². The zero-order chi connectivity index (χ0) is 15.6. The molecule has 0 spiro atoms. The molecule has 0 saturated heterocycles. The maximum absolute atomic E-state index is 13.7. The van der Waals surface area contributed by atoms with E-state index in [1.54, 1.807) is 0 Å². The molecule has 0 heterocycles. The van der Waals surface area contributed by atoms with Gasteiger partial charge in [0.2, 0.25) is 0 Å². The van der Waals surface area contributed by atoms with E-state index in [1.165, 1.54) is 0 Å². The van der Waals surface area contributed by atoms with Gasteiger partial charge < -0.3 is 15.5 Å². The summed E-state index contributed by atoms with van der Waals surface area (Å²) in [5.74, 6) is -4.40. The van der Waals surface area contributed by atoms with E-state index in [2.05, 4.69) is 5.32 Å². The average Bonchev–Trinajstić information content (AvgIpc) is 2.40. The van der Waals surface area contributed by atoms with Crippen molar-refractivity contribution >= 4 is 17.6 Å². The molecule has 5 nitrogen and oxygen atoms in total. The molecule has 0 bridgehead atoms. The van der Waals surface area contributed by atoms with Crippen LogP contribution in [-0.4, -0.2) is 22.1 Å². The number of halogens is 2. The molecule has 0 aliphatic heterocycles. The van der Waals surface area contributed by atoms with Crippen molar-refractivity contribution in [3.63, 3.8) is 0 Å². The largest absolute Gasteiger partial charge is 0.507 e. The van der Waals surface area contributed by atoms with Gasteiger partial charge in [0.15, 0.2) is 0 Å². The number of amides is 1. The average molecular weight is 293 g/mol. The number of carbonyl (C=O) groups excluding carboxylic acids is 1. The molecule has 0 fully saturated rings. The van der Waals surface area contributed by atoms with Gasteiger partial charge in [-0.15, -0.1) is 0 Å². The summed E-state index contributed by atoms with van der Waals surface area (Å²) in [6.07, 6.45) is 0. The minimum Gasteiger partial charge on any atom is -0.507 e. The number of anilines is 1. The fourth-order valence-electron chi connectivity index (χ4n) is 1.64. The van der Waals surface area contributed by atoms with Crippen molar-refractivity contribution in [2.75, 3.05) is 5.32 Å². The molecule has 2 aromatic carbocycles. The molecular formula is C14H9F2NO4. The highest BCUT2D eigenvalue weighted by Gasteiger charge is 2.15. The lowest BCUT2D eigenvalue weighted by atomic mass is 10.1. The number of aromatic carboxylic acids is 1. The van der Waals surface area contributed by atoms with Gasteiger partial charge in [0.25, 0.3) is 5.91 Å². The molecular weight excluding hydrogens is 284 g/mol. The Labute approximate surface area is 117 Å². The highest BCUT2D eigenvalue weighted by molar-refractivity contribution is 6.06. The molecule has 3 N–H and O–H groups in total. The Bertz CT molecular complexity index is 731. The van der Waals surface area contributed by atoms with Crippen LogP contribution in [0.4, 0.5) is 14.5 Å². The lowest BCUT2D eigenvalue weighted by Gasteiger charge is -2.08. The number of carbonyl (C=O) groups is 2. The Morgan fingerprint density at radius 3 is 2.33 bits per heavy atom. The van der Waals surface area contributed by atoms with Crippen LogP contribution in [0, 0.1) is 11.6 Å². The second-order valence-corrected chi connectivity index (χ2v) is 4.12. The second kappa shape index (κ2) is 5.58. The minimum atomic E-state index is -1.30. The number of hydrogen-bond acceptors (Lipinski definition) is 3. The van der Waals surface area contributed by atoms with Crippen molar-refractivity contribution in [3.05, 3.63) is 59.2 Å². The van der Waals surface area contributed by atoms with Crippen molar-refractivity contribution in [2.24, 2.45) is 0 Å². The fraction of sp³-hybridized carbons (Fsp3) is 0. The number of benzene rings is 2. The van der Waals surface area contributed by atoms with Crippen LogP contribution in [-0.2, 0) is 0 Å². The van der Waals surface area contributed by atoms with Gasteiger partial charge >= 0.3 is 5.97 Å². The lowest BCUT2D eigenvalue weighted by molar-refractivity contribution is 0.0696. The summed E-state index contributed by atoms with van der Waals surface area (Å²) in [6.45, 7) is 0.